The van der Waals surface area contributed by atoms with Crippen molar-refractivity contribution in [3.63, 3.8) is 0 Å². The van der Waals surface area contributed by atoms with Gasteiger partial charge in [-0.15, -0.1) is 0 Å². The molecule has 2 rings (SSSR count). The van der Waals surface area contributed by atoms with Gasteiger partial charge in [0.05, 0.1) is 10.8 Å². The second kappa shape index (κ2) is 8.68. The summed E-state index contributed by atoms with van der Waals surface area (Å²) in [6.07, 6.45) is 1.69. The molecule has 31 heavy (non-hydrogen) atoms. The molecule has 1 N–H and O–H groups in total. The minimum atomic E-state index is -1.13. The van der Waals surface area contributed by atoms with Crippen LogP contribution in [0, 0.1) is 10.8 Å². The minimum absolute atomic E-state index is 0.137. The number of aromatic amines is 1. The van der Waals surface area contributed by atoms with Gasteiger partial charge in [-0.1, -0.05) is 0 Å². The number of likely N-dealkylation sites (tertiary alicyclic amines) is 1. The van der Waals surface area contributed by atoms with Crippen LogP contribution in [0.5, 0.6) is 0 Å². The zero-order valence-electron chi connectivity index (χ0n) is 18.9. The number of carbonyl (C=O) groups excluding carboxylic acids is 3. The quantitative estimate of drug-likeness (QED) is 0.659. The van der Waals surface area contributed by atoms with Crippen LogP contribution in [0.25, 0.3) is 0 Å². The molecule has 1 aromatic rings. The number of carbonyl (C=O) groups is 3. The van der Waals surface area contributed by atoms with Gasteiger partial charge < -0.3 is 14.4 Å². The summed E-state index contributed by atoms with van der Waals surface area (Å²) in [5.74, 6) is -1.21. The standard InChI is InChI=1S/C21H31N3O7/c1-19(2,3)16(27)30-11-21(12-31-17(28)20(4,5)6)9-7-15(26)24(21)13-23-10-8-14(25)22-18(23)29/h8,10H,7,9,11-13H2,1-6H3,(H,22,25,29). The molecule has 1 aliphatic heterocycles. The summed E-state index contributed by atoms with van der Waals surface area (Å²) in [7, 11) is 0. The first-order valence-corrected chi connectivity index (χ1v) is 10.1. The predicted molar refractivity (Wildman–Crippen MR) is 111 cm³/mol. The Balaban J connectivity index is 2.36. The third kappa shape index (κ3) is 5.83. The van der Waals surface area contributed by atoms with Gasteiger partial charge in [-0.3, -0.25) is 28.7 Å². The average molecular weight is 437 g/mol. The van der Waals surface area contributed by atoms with E-state index in [2.05, 4.69) is 4.98 Å². The van der Waals surface area contributed by atoms with Crippen LogP contribution in [0.4, 0.5) is 0 Å². The van der Waals surface area contributed by atoms with Crippen molar-refractivity contribution < 1.29 is 23.9 Å². The lowest BCUT2D eigenvalue weighted by Crippen LogP contribution is -2.55. The zero-order valence-corrected chi connectivity index (χ0v) is 18.9. The van der Waals surface area contributed by atoms with Crippen molar-refractivity contribution in [3.05, 3.63) is 33.1 Å². The number of esters is 2. The molecule has 0 atom stereocenters. The highest BCUT2D eigenvalue weighted by Gasteiger charge is 2.48. The van der Waals surface area contributed by atoms with Crippen LogP contribution in [0.3, 0.4) is 0 Å². The lowest BCUT2D eigenvalue weighted by Gasteiger charge is -2.38. The van der Waals surface area contributed by atoms with Crippen LogP contribution in [0.2, 0.25) is 0 Å². The van der Waals surface area contributed by atoms with Crippen molar-refractivity contribution in [3.8, 4) is 0 Å². The largest absolute Gasteiger partial charge is 0.463 e. The molecule has 172 valence electrons. The lowest BCUT2D eigenvalue weighted by atomic mass is 9.95. The summed E-state index contributed by atoms with van der Waals surface area (Å²) in [5, 5.41) is 0. The number of H-pyrrole nitrogens is 1. The fourth-order valence-electron chi connectivity index (χ4n) is 2.99. The third-order valence-corrected chi connectivity index (χ3v) is 5.04. The third-order valence-electron chi connectivity index (χ3n) is 5.04. The second-order valence-electron chi connectivity index (χ2n) is 9.92. The van der Waals surface area contributed by atoms with E-state index in [0.717, 1.165) is 4.57 Å². The molecule has 0 spiro atoms. The van der Waals surface area contributed by atoms with E-state index in [9.17, 15) is 24.0 Å². The Kier molecular flexibility index (Phi) is 6.82. The highest BCUT2D eigenvalue weighted by molar-refractivity contribution is 5.80. The van der Waals surface area contributed by atoms with Crippen molar-refractivity contribution in [1.82, 2.24) is 14.5 Å². The molecule has 10 nitrogen and oxygen atoms in total. The number of nitrogens with zero attached hydrogens (tertiary/aromatic N) is 2. The number of nitrogens with one attached hydrogen (secondary N) is 1. The predicted octanol–water partition coefficient (Wildman–Crippen LogP) is 1.03. The number of ether oxygens (including phenoxy) is 2. The summed E-state index contributed by atoms with van der Waals surface area (Å²) in [6, 6.07) is 1.17. The summed E-state index contributed by atoms with van der Waals surface area (Å²) in [4.78, 5) is 64.5. The molecule has 1 fully saturated rings. The summed E-state index contributed by atoms with van der Waals surface area (Å²) in [6.45, 7) is 9.68. The van der Waals surface area contributed by atoms with Crippen molar-refractivity contribution in [2.24, 2.45) is 10.8 Å². The summed E-state index contributed by atoms with van der Waals surface area (Å²) in [5.41, 5.74) is -3.88. The van der Waals surface area contributed by atoms with Gasteiger partial charge in [0.1, 0.15) is 25.4 Å². The van der Waals surface area contributed by atoms with E-state index in [1.54, 1.807) is 41.5 Å². The average Bonchev–Trinajstić information content (AvgIpc) is 2.94. The first-order valence-electron chi connectivity index (χ1n) is 10.1. The van der Waals surface area contributed by atoms with Crippen molar-refractivity contribution in [2.45, 2.75) is 66.6 Å². The fraction of sp³-hybridized carbons (Fsp3) is 0.667. The maximum absolute atomic E-state index is 12.7. The zero-order chi connectivity index (χ0) is 23.6. The molecule has 0 aliphatic carbocycles. The van der Waals surface area contributed by atoms with Crippen LogP contribution in [0.15, 0.2) is 21.9 Å². The van der Waals surface area contributed by atoms with Gasteiger partial charge in [0, 0.05) is 18.7 Å². The van der Waals surface area contributed by atoms with Gasteiger partial charge >= 0.3 is 17.6 Å². The van der Waals surface area contributed by atoms with E-state index < -0.39 is 39.6 Å². The molecule has 1 amide bonds. The van der Waals surface area contributed by atoms with Gasteiger partial charge in [0.15, 0.2) is 0 Å². The highest BCUT2D eigenvalue weighted by atomic mass is 16.6. The Morgan fingerprint density at radius 2 is 1.52 bits per heavy atom. The topological polar surface area (TPSA) is 128 Å². The number of amides is 1. The number of aromatic nitrogens is 2. The number of hydrogen-bond donors (Lipinski definition) is 1. The maximum Gasteiger partial charge on any atom is 0.329 e. The first-order chi connectivity index (χ1) is 14.2. The van der Waals surface area contributed by atoms with Gasteiger partial charge in [0.25, 0.3) is 5.56 Å². The molecule has 10 heteroatoms. The Hall–Kier alpha value is -2.91. The highest BCUT2D eigenvalue weighted by Crippen LogP contribution is 2.33. The minimum Gasteiger partial charge on any atom is -0.463 e. The fourth-order valence-corrected chi connectivity index (χ4v) is 2.99. The molecule has 0 unspecified atom stereocenters. The Bertz CT molecular complexity index is 933. The van der Waals surface area contributed by atoms with Crippen LogP contribution in [0.1, 0.15) is 54.4 Å². The van der Waals surface area contributed by atoms with E-state index in [-0.39, 0.29) is 38.6 Å². The van der Waals surface area contributed by atoms with E-state index >= 15 is 0 Å². The molecule has 1 aliphatic rings. The number of rotatable bonds is 6. The summed E-state index contributed by atoms with van der Waals surface area (Å²) >= 11 is 0. The second-order valence-corrected chi connectivity index (χ2v) is 9.92. The van der Waals surface area contributed by atoms with Gasteiger partial charge in [-0.05, 0) is 48.0 Å². The molecule has 0 bridgehead atoms. The lowest BCUT2D eigenvalue weighted by molar-refractivity contribution is -0.168. The monoisotopic (exact) mass is 437 g/mol. The Labute approximate surface area is 180 Å². The van der Waals surface area contributed by atoms with Crippen molar-refractivity contribution in [2.75, 3.05) is 13.2 Å². The SMILES string of the molecule is CC(C)(C)C(=O)OCC1(COC(=O)C(C)(C)C)CCC(=O)N1Cn1ccc(=O)[nH]c1=O. The van der Waals surface area contributed by atoms with Crippen LogP contribution in [-0.4, -0.2) is 51.0 Å². The molecule has 2 heterocycles. The smallest absolute Gasteiger partial charge is 0.329 e. The molecule has 1 aromatic heterocycles. The van der Waals surface area contributed by atoms with Crippen LogP contribution in [-0.2, 0) is 30.5 Å². The van der Waals surface area contributed by atoms with Crippen molar-refractivity contribution in [1.29, 1.82) is 0 Å². The normalized spacial score (nSPS) is 16.3. The van der Waals surface area contributed by atoms with Crippen LogP contribution >= 0.6 is 0 Å². The van der Waals surface area contributed by atoms with Gasteiger partial charge in [-0.25, -0.2) is 4.79 Å². The van der Waals surface area contributed by atoms with Gasteiger partial charge in [0.2, 0.25) is 5.91 Å². The molecule has 1 saturated heterocycles. The van der Waals surface area contributed by atoms with Gasteiger partial charge in [-0.2, -0.15) is 0 Å². The van der Waals surface area contributed by atoms with E-state index in [1.165, 1.54) is 17.2 Å². The molecular formula is C21H31N3O7. The van der Waals surface area contributed by atoms with E-state index in [0.29, 0.717) is 0 Å². The number of hydrogen-bond acceptors (Lipinski definition) is 7. The summed E-state index contributed by atoms with van der Waals surface area (Å²) < 4.78 is 12.2. The van der Waals surface area contributed by atoms with Crippen LogP contribution < -0.4 is 11.2 Å². The molecule has 0 radical (unpaired) electrons. The van der Waals surface area contributed by atoms with E-state index in [4.69, 9.17) is 9.47 Å². The Morgan fingerprint density at radius 1 is 1.00 bits per heavy atom. The van der Waals surface area contributed by atoms with E-state index in [1.807, 2.05) is 0 Å². The van der Waals surface area contributed by atoms with Crippen molar-refractivity contribution >= 4 is 17.8 Å². The first kappa shape index (κ1) is 24.4. The maximum atomic E-state index is 12.7. The molecule has 0 saturated carbocycles. The molecular weight excluding hydrogens is 406 g/mol. The molecule has 0 aromatic carbocycles. The Morgan fingerprint density at radius 3 is 1.97 bits per heavy atom.